The van der Waals surface area contributed by atoms with E-state index in [1.165, 1.54) is 0 Å². The van der Waals surface area contributed by atoms with Crippen molar-refractivity contribution in [3.05, 3.63) is 71.3 Å². The van der Waals surface area contributed by atoms with Crippen molar-refractivity contribution in [1.82, 2.24) is 10.6 Å². The molecule has 114 valence electrons. The summed E-state index contributed by atoms with van der Waals surface area (Å²) in [5.74, 6) is -0.455. The fourth-order valence-electron chi connectivity index (χ4n) is 2.17. The minimum atomic E-state index is -0.244. The molecule has 2 rings (SSSR count). The molecule has 2 aromatic carbocycles. The van der Waals surface area contributed by atoms with Gasteiger partial charge in [-0.05, 0) is 31.5 Å². The van der Waals surface area contributed by atoms with Gasteiger partial charge in [-0.15, -0.1) is 0 Å². The van der Waals surface area contributed by atoms with Crippen LogP contribution in [-0.4, -0.2) is 18.4 Å². The molecule has 0 saturated heterocycles. The number of benzene rings is 2. The first-order valence-electron chi connectivity index (χ1n) is 7.25. The zero-order valence-corrected chi connectivity index (χ0v) is 12.8. The van der Waals surface area contributed by atoms with Gasteiger partial charge in [-0.2, -0.15) is 0 Å². The molecule has 0 unspecified atom stereocenters. The van der Waals surface area contributed by atoms with E-state index in [0.717, 1.165) is 11.1 Å². The number of carbonyl (C=O) groups excluding carboxylic acids is 2. The average molecular weight is 296 g/mol. The van der Waals surface area contributed by atoms with E-state index in [0.29, 0.717) is 5.56 Å². The van der Waals surface area contributed by atoms with Gasteiger partial charge in [-0.1, -0.05) is 48.0 Å². The highest BCUT2D eigenvalue weighted by Crippen LogP contribution is 2.10. The van der Waals surface area contributed by atoms with Gasteiger partial charge >= 0.3 is 0 Å². The fraction of sp³-hybridized carbons (Fsp3) is 0.222. The minimum Gasteiger partial charge on any atom is -0.348 e. The van der Waals surface area contributed by atoms with Crippen LogP contribution in [0.25, 0.3) is 0 Å². The molecule has 0 spiro atoms. The maximum atomic E-state index is 12.0. The number of amides is 2. The zero-order chi connectivity index (χ0) is 15.9. The predicted molar refractivity (Wildman–Crippen MR) is 86.5 cm³/mol. The lowest BCUT2D eigenvalue weighted by Crippen LogP contribution is -2.38. The Morgan fingerprint density at radius 1 is 1.05 bits per heavy atom. The van der Waals surface area contributed by atoms with Crippen molar-refractivity contribution in [2.45, 2.75) is 19.9 Å². The highest BCUT2D eigenvalue weighted by atomic mass is 16.2. The second-order valence-corrected chi connectivity index (χ2v) is 5.25. The van der Waals surface area contributed by atoms with Crippen molar-refractivity contribution in [3.8, 4) is 0 Å². The summed E-state index contributed by atoms with van der Waals surface area (Å²) in [5, 5.41) is 5.49. The van der Waals surface area contributed by atoms with Gasteiger partial charge in [-0.25, -0.2) is 0 Å². The van der Waals surface area contributed by atoms with Gasteiger partial charge in [0.1, 0.15) is 0 Å². The molecule has 0 radical (unpaired) electrons. The average Bonchev–Trinajstić information content (AvgIpc) is 2.53. The Hall–Kier alpha value is -2.62. The lowest BCUT2D eigenvalue weighted by atomic mass is 10.1. The molecule has 2 N–H and O–H groups in total. The van der Waals surface area contributed by atoms with Crippen molar-refractivity contribution in [2.24, 2.45) is 0 Å². The number of hydrogen-bond acceptors (Lipinski definition) is 2. The first kappa shape index (κ1) is 15.8. The molecule has 2 aromatic rings. The summed E-state index contributed by atoms with van der Waals surface area (Å²) in [7, 11) is 0. The molecule has 22 heavy (non-hydrogen) atoms. The highest BCUT2D eigenvalue weighted by Gasteiger charge is 2.11. The number of hydrogen-bond donors (Lipinski definition) is 2. The number of nitrogens with one attached hydrogen (secondary N) is 2. The van der Waals surface area contributed by atoms with E-state index in [1.54, 1.807) is 12.1 Å². The second-order valence-electron chi connectivity index (χ2n) is 5.25. The summed E-state index contributed by atoms with van der Waals surface area (Å²) < 4.78 is 0. The Balaban J connectivity index is 1.84. The van der Waals surface area contributed by atoms with E-state index >= 15 is 0 Å². The van der Waals surface area contributed by atoms with Gasteiger partial charge in [0.2, 0.25) is 5.91 Å². The quantitative estimate of drug-likeness (QED) is 0.891. The monoisotopic (exact) mass is 296 g/mol. The minimum absolute atomic E-state index is 0.0377. The standard InChI is InChI=1S/C18H20N2O2/c1-13-7-6-10-16(11-13)18(22)19-12-17(21)20-14(2)15-8-4-3-5-9-15/h3-11,14H,12H2,1-2H3,(H,19,22)(H,20,21)/t14-/m0/s1. The van der Waals surface area contributed by atoms with Crippen molar-refractivity contribution in [2.75, 3.05) is 6.54 Å². The highest BCUT2D eigenvalue weighted by molar-refractivity contribution is 5.96. The molecule has 0 aliphatic heterocycles. The van der Waals surface area contributed by atoms with Gasteiger partial charge in [0, 0.05) is 5.56 Å². The zero-order valence-electron chi connectivity index (χ0n) is 12.8. The van der Waals surface area contributed by atoms with Gasteiger partial charge < -0.3 is 10.6 Å². The molecular weight excluding hydrogens is 276 g/mol. The van der Waals surface area contributed by atoms with Crippen LogP contribution >= 0.6 is 0 Å². The van der Waals surface area contributed by atoms with Gasteiger partial charge in [0.05, 0.1) is 12.6 Å². The fourth-order valence-corrected chi connectivity index (χ4v) is 2.17. The first-order valence-corrected chi connectivity index (χ1v) is 7.25. The van der Waals surface area contributed by atoms with Crippen LogP contribution in [0.4, 0.5) is 0 Å². The Morgan fingerprint density at radius 2 is 1.77 bits per heavy atom. The summed E-state index contributed by atoms with van der Waals surface area (Å²) in [6.07, 6.45) is 0. The van der Waals surface area contributed by atoms with Gasteiger partial charge in [-0.3, -0.25) is 9.59 Å². The van der Waals surface area contributed by atoms with Crippen LogP contribution in [0.1, 0.15) is 34.5 Å². The molecule has 0 bridgehead atoms. The summed E-state index contributed by atoms with van der Waals surface area (Å²) in [6.45, 7) is 3.80. The maximum Gasteiger partial charge on any atom is 0.251 e. The number of carbonyl (C=O) groups is 2. The maximum absolute atomic E-state index is 12.0. The van der Waals surface area contributed by atoms with E-state index in [-0.39, 0.29) is 24.4 Å². The largest absolute Gasteiger partial charge is 0.348 e. The molecule has 4 heteroatoms. The number of aryl methyl sites for hydroxylation is 1. The van der Waals surface area contributed by atoms with Crippen LogP contribution in [0, 0.1) is 6.92 Å². The molecule has 0 aromatic heterocycles. The lowest BCUT2D eigenvalue weighted by molar-refractivity contribution is -0.120. The smallest absolute Gasteiger partial charge is 0.251 e. The molecule has 0 fully saturated rings. The Bertz CT molecular complexity index is 653. The molecule has 4 nitrogen and oxygen atoms in total. The van der Waals surface area contributed by atoms with Crippen LogP contribution in [0.2, 0.25) is 0 Å². The molecule has 0 heterocycles. The van der Waals surface area contributed by atoms with Crippen LogP contribution in [0.3, 0.4) is 0 Å². The second kappa shape index (κ2) is 7.41. The van der Waals surface area contributed by atoms with E-state index in [2.05, 4.69) is 10.6 Å². The van der Waals surface area contributed by atoms with E-state index in [4.69, 9.17) is 0 Å². The molecule has 0 aliphatic carbocycles. The molecule has 0 saturated carbocycles. The van der Waals surface area contributed by atoms with Crippen molar-refractivity contribution < 1.29 is 9.59 Å². The van der Waals surface area contributed by atoms with Gasteiger partial charge in [0.25, 0.3) is 5.91 Å². The van der Waals surface area contributed by atoms with E-state index in [9.17, 15) is 9.59 Å². The van der Waals surface area contributed by atoms with Crippen molar-refractivity contribution in [1.29, 1.82) is 0 Å². The number of rotatable bonds is 5. The normalized spacial score (nSPS) is 11.5. The van der Waals surface area contributed by atoms with Gasteiger partial charge in [0.15, 0.2) is 0 Å². The molecule has 0 aliphatic rings. The van der Waals surface area contributed by atoms with Crippen LogP contribution in [-0.2, 0) is 4.79 Å². The summed E-state index contributed by atoms with van der Waals surface area (Å²) in [4.78, 5) is 23.9. The third kappa shape index (κ3) is 4.45. The van der Waals surface area contributed by atoms with Crippen LogP contribution in [0.15, 0.2) is 54.6 Å². The summed E-state index contributed by atoms with van der Waals surface area (Å²) in [5.41, 5.74) is 2.60. The SMILES string of the molecule is Cc1cccc(C(=O)NCC(=O)N[C@@H](C)c2ccccc2)c1. The predicted octanol–water partition coefficient (Wildman–Crippen LogP) is 2.60. The first-order chi connectivity index (χ1) is 10.6. The molecule has 2 amide bonds. The Kier molecular flexibility index (Phi) is 5.31. The molecular formula is C18H20N2O2. The lowest BCUT2D eigenvalue weighted by Gasteiger charge is -2.14. The van der Waals surface area contributed by atoms with Crippen molar-refractivity contribution in [3.63, 3.8) is 0 Å². The van der Waals surface area contributed by atoms with Crippen LogP contribution < -0.4 is 10.6 Å². The van der Waals surface area contributed by atoms with E-state index in [1.807, 2.05) is 56.3 Å². The van der Waals surface area contributed by atoms with Crippen molar-refractivity contribution >= 4 is 11.8 Å². The molecule has 1 atom stereocenters. The van der Waals surface area contributed by atoms with Crippen LogP contribution in [0.5, 0.6) is 0 Å². The third-order valence-electron chi connectivity index (χ3n) is 3.37. The summed E-state index contributed by atoms with van der Waals surface area (Å²) >= 11 is 0. The topological polar surface area (TPSA) is 58.2 Å². The Labute approximate surface area is 130 Å². The van der Waals surface area contributed by atoms with E-state index < -0.39 is 0 Å². The Morgan fingerprint density at radius 3 is 2.45 bits per heavy atom. The third-order valence-corrected chi connectivity index (χ3v) is 3.37. The summed E-state index contributed by atoms with van der Waals surface area (Å²) in [6, 6.07) is 16.9.